The lowest BCUT2D eigenvalue weighted by Gasteiger charge is -2.35. The largest absolute Gasteiger partial charge is 0.391 e. The maximum absolute atomic E-state index is 12.6. The first kappa shape index (κ1) is 19.1. The van der Waals surface area contributed by atoms with Crippen molar-refractivity contribution in [1.29, 1.82) is 0 Å². The molecule has 0 radical (unpaired) electrons. The topological polar surface area (TPSA) is 113 Å². The summed E-state index contributed by atoms with van der Waals surface area (Å²) in [6.07, 6.45) is 0.120. The van der Waals surface area contributed by atoms with Crippen LogP contribution in [0.4, 0.5) is 17.1 Å². The number of anilines is 2. The first-order chi connectivity index (χ1) is 12.8. The first-order valence-electron chi connectivity index (χ1n) is 8.57. The van der Waals surface area contributed by atoms with Gasteiger partial charge in [0.05, 0.1) is 15.9 Å². The number of piperidine rings is 1. The molecule has 0 amide bonds. The Morgan fingerprint density at radius 1 is 1.22 bits per heavy atom. The summed E-state index contributed by atoms with van der Waals surface area (Å²) in [6.45, 7) is 2.77. The number of para-hydroxylation sites is 1. The summed E-state index contributed by atoms with van der Waals surface area (Å²) in [5.41, 5.74) is 0.384. The minimum absolute atomic E-state index is 0.120. The van der Waals surface area contributed by atoms with E-state index in [0.29, 0.717) is 24.3 Å². The Morgan fingerprint density at radius 3 is 2.56 bits per heavy atom. The number of benzene rings is 2. The SMILES string of the molecule is CC1CCN(c2ccc(S(=O)(=O)Nc3ccccc3)cc2[N+](=O)[O-])CC1O. The molecule has 1 fully saturated rings. The Labute approximate surface area is 157 Å². The molecule has 2 aromatic carbocycles. The van der Waals surface area contributed by atoms with Crippen molar-refractivity contribution >= 4 is 27.1 Å². The van der Waals surface area contributed by atoms with E-state index in [4.69, 9.17) is 0 Å². The zero-order valence-corrected chi connectivity index (χ0v) is 15.6. The fourth-order valence-corrected chi connectivity index (χ4v) is 4.15. The van der Waals surface area contributed by atoms with Crippen molar-refractivity contribution < 1.29 is 18.4 Å². The quantitative estimate of drug-likeness (QED) is 0.598. The van der Waals surface area contributed by atoms with Crippen molar-refractivity contribution in [2.75, 3.05) is 22.7 Å². The van der Waals surface area contributed by atoms with E-state index in [9.17, 15) is 23.6 Å². The van der Waals surface area contributed by atoms with E-state index in [0.717, 1.165) is 6.07 Å². The van der Waals surface area contributed by atoms with Crippen molar-refractivity contribution in [3.05, 3.63) is 58.6 Å². The van der Waals surface area contributed by atoms with E-state index in [-0.39, 0.29) is 23.0 Å². The fourth-order valence-electron chi connectivity index (χ4n) is 3.07. The average Bonchev–Trinajstić information content (AvgIpc) is 2.64. The van der Waals surface area contributed by atoms with Gasteiger partial charge in [-0.1, -0.05) is 25.1 Å². The molecule has 1 aliphatic heterocycles. The molecule has 27 heavy (non-hydrogen) atoms. The van der Waals surface area contributed by atoms with E-state index >= 15 is 0 Å². The molecule has 0 aliphatic carbocycles. The van der Waals surface area contributed by atoms with E-state index in [1.807, 2.05) is 6.92 Å². The molecule has 9 heteroatoms. The zero-order chi connectivity index (χ0) is 19.6. The Morgan fingerprint density at radius 2 is 1.93 bits per heavy atom. The van der Waals surface area contributed by atoms with Crippen LogP contribution in [0, 0.1) is 16.0 Å². The van der Waals surface area contributed by atoms with Gasteiger partial charge < -0.3 is 10.0 Å². The van der Waals surface area contributed by atoms with Crippen LogP contribution in [0.2, 0.25) is 0 Å². The number of hydrogen-bond donors (Lipinski definition) is 2. The maximum atomic E-state index is 12.6. The van der Waals surface area contributed by atoms with Gasteiger partial charge in [-0.2, -0.15) is 0 Å². The summed E-state index contributed by atoms with van der Waals surface area (Å²) >= 11 is 0. The van der Waals surface area contributed by atoms with Gasteiger partial charge in [0.1, 0.15) is 5.69 Å². The van der Waals surface area contributed by atoms with E-state index in [1.54, 1.807) is 35.2 Å². The highest BCUT2D eigenvalue weighted by Gasteiger charge is 2.30. The van der Waals surface area contributed by atoms with Crippen LogP contribution in [-0.4, -0.2) is 37.6 Å². The molecule has 1 aliphatic rings. The molecule has 2 N–H and O–H groups in total. The second-order valence-corrected chi connectivity index (χ2v) is 8.34. The predicted molar refractivity (Wildman–Crippen MR) is 102 cm³/mol. The highest BCUT2D eigenvalue weighted by molar-refractivity contribution is 7.92. The molecule has 2 atom stereocenters. The lowest BCUT2D eigenvalue weighted by molar-refractivity contribution is -0.384. The van der Waals surface area contributed by atoms with Crippen molar-refractivity contribution in [3.8, 4) is 0 Å². The molecule has 144 valence electrons. The third kappa shape index (κ3) is 4.20. The zero-order valence-electron chi connectivity index (χ0n) is 14.8. The van der Waals surface area contributed by atoms with Crippen LogP contribution in [0.3, 0.4) is 0 Å². The van der Waals surface area contributed by atoms with Gasteiger partial charge in [-0.25, -0.2) is 8.42 Å². The number of nitrogens with one attached hydrogen (secondary N) is 1. The van der Waals surface area contributed by atoms with Crippen LogP contribution < -0.4 is 9.62 Å². The fraction of sp³-hybridized carbons (Fsp3) is 0.333. The standard InChI is InChI=1S/C18H21N3O5S/c1-13-9-10-20(12-18(13)22)16-8-7-15(11-17(16)21(23)24)27(25,26)19-14-5-3-2-4-6-14/h2-8,11,13,18-19,22H,9-10,12H2,1H3. The number of β-amino-alcohol motifs (C(OH)–C–C–N with tert-alkyl or cyclic N) is 1. The average molecular weight is 391 g/mol. The second kappa shape index (κ2) is 7.53. The third-order valence-corrected chi connectivity index (χ3v) is 6.12. The number of nitrogens with zero attached hydrogens (tertiary/aromatic N) is 2. The number of sulfonamides is 1. The van der Waals surface area contributed by atoms with Gasteiger partial charge in [0, 0.05) is 24.8 Å². The summed E-state index contributed by atoms with van der Waals surface area (Å²) in [7, 11) is -3.96. The minimum atomic E-state index is -3.96. The number of aliphatic hydroxyl groups is 1. The molecule has 3 rings (SSSR count). The van der Waals surface area contributed by atoms with Crippen LogP contribution in [0.1, 0.15) is 13.3 Å². The van der Waals surface area contributed by atoms with Crippen molar-refractivity contribution in [2.45, 2.75) is 24.3 Å². The number of aliphatic hydroxyl groups excluding tert-OH is 1. The molecular weight excluding hydrogens is 370 g/mol. The van der Waals surface area contributed by atoms with Crippen LogP contribution in [0.5, 0.6) is 0 Å². The van der Waals surface area contributed by atoms with Gasteiger partial charge in [-0.05, 0) is 36.6 Å². The van der Waals surface area contributed by atoms with Gasteiger partial charge >= 0.3 is 0 Å². The molecule has 1 heterocycles. The summed E-state index contributed by atoms with van der Waals surface area (Å²) in [5.74, 6) is 0.120. The van der Waals surface area contributed by atoms with Crippen molar-refractivity contribution in [2.24, 2.45) is 5.92 Å². The Balaban J connectivity index is 1.93. The minimum Gasteiger partial charge on any atom is -0.391 e. The van der Waals surface area contributed by atoms with Crippen molar-refractivity contribution in [1.82, 2.24) is 0 Å². The predicted octanol–water partition coefficient (Wildman–Crippen LogP) is 2.60. The molecule has 8 nitrogen and oxygen atoms in total. The molecule has 0 aromatic heterocycles. The first-order valence-corrected chi connectivity index (χ1v) is 10.1. The van der Waals surface area contributed by atoms with E-state index in [1.165, 1.54) is 12.1 Å². The molecule has 0 saturated carbocycles. The van der Waals surface area contributed by atoms with Gasteiger partial charge in [0.15, 0.2) is 0 Å². The number of nitro benzene ring substituents is 1. The summed E-state index contributed by atoms with van der Waals surface area (Å²) in [4.78, 5) is 12.5. The molecule has 0 bridgehead atoms. The van der Waals surface area contributed by atoms with E-state index < -0.39 is 21.1 Å². The Bertz CT molecular complexity index is 933. The lowest BCUT2D eigenvalue weighted by Crippen LogP contribution is -2.43. The number of nitro groups is 1. The molecule has 2 unspecified atom stereocenters. The third-order valence-electron chi connectivity index (χ3n) is 4.74. The van der Waals surface area contributed by atoms with E-state index in [2.05, 4.69) is 4.72 Å². The summed E-state index contributed by atoms with van der Waals surface area (Å²) in [5, 5.41) is 21.6. The highest BCUT2D eigenvalue weighted by Crippen LogP contribution is 2.34. The van der Waals surface area contributed by atoms with Crippen LogP contribution in [0.15, 0.2) is 53.4 Å². The summed E-state index contributed by atoms with van der Waals surface area (Å²) < 4.78 is 27.6. The molecular formula is C18H21N3O5S. The molecule has 0 spiro atoms. The smallest absolute Gasteiger partial charge is 0.293 e. The van der Waals surface area contributed by atoms with Crippen LogP contribution >= 0.6 is 0 Å². The molecule has 1 saturated heterocycles. The van der Waals surface area contributed by atoms with Crippen LogP contribution in [0.25, 0.3) is 0 Å². The number of rotatable bonds is 5. The Kier molecular flexibility index (Phi) is 5.33. The Hall–Kier alpha value is -2.65. The number of hydrogen-bond acceptors (Lipinski definition) is 6. The second-order valence-electron chi connectivity index (χ2n) is 6.66. The summed E-state index contributed by atoms with van der Waals surface area (Å²) in [6, 6.07) is 12.2. The van der Waals surface area contributed by atoms with Gasteiger partial charge in [-0.15, -0.1) is 0 Å². The van der Waals surface area contributed by atoms with Crippen LogP contribution in [-0.2, 0) is 10.0 Å². The highest BCUT2D eigenvalue weighted by atomic mass is 32.2. The maximum Gasteiger partial charge on any atom is 0.293 e. The lowest BCUT2D eigenvalue weighted by atomic mass is 9.95. The van der Waals surface area contributed by atoms with Gasteiger partial charge in [0.25, 0.3) is 15.7 Å². The van der Waals surface area contributed by atoms with Crippen molar-refractivity contribution in [3.63, 3.8) is 0 Å². The van der Waals surface area contributed by atoms with Gasteiger partial charge in [0.2, 0.25) is 0 Å². The monoisotopic (exact) mass is 391 g/mol. The normalized spacial score (nSPS) is 20.3. The molecule has 2 aromatic rings. The van der Waals surface area contributed by atoms with Gasteiger partial charge in [-0.3, -0.25) is 14.8 Å².